The molecule has 0 heterocycles. The van der Waals surface area contributed by atoms with Crippen molar-refractivity contribution in [1.82, 2.24) is 5.32 Å². The van der Waals surface area contributed by atoms with Crippen LogP contribution in [0.1, 0.15) is 37.0 Å². The second kappa shape index (κ2) is 9.11. The first-order valence-electron chi connectivity index (χ1n) is 8.20. The number of nitrogens with one attached hydrogen (secondary N) is 1. The van der Waals surface area contributed by atoms with Gasteiger partial charge in [-0.1, -0.05) is 30.7 Å². The Morgan fingerprint density at radius 3 is 2.44 bits per heavy atom. The Bertz CT molecular complexity index is 658. The fourth-order valence-corrected chi connectivity index (χ4v) is 2.68. The second-order valence-corrected chi connectivity index (χ2v) is 6.12. The Labute approximate surface area is 151 Å². The van der Waals surface area contributed by atoms with Gasteiger partial charge < -0.3 is 10.1 Å². The molecule has 6 heteroatoms. The summed E-state index contributed by atoms with van der Waals surface area (Å²) in [5, 5.41) is 3.85. The van der Waals surface area contributed by atoms with Crippen molar-refractivity contribution < 1.29 is 17.9 Å². The summed E-state index contributed by atoms with van der Waals surface area (Å²) in [5.41, 5.74) is 0.218. The molecule has 0 aliphatic rings. The Morgan fingerprint density at radius 1 is 1.12 bits per heavy atom. The van der Waals surface area contributed by atoms with Crippen molar-refractivity contribution in [2.45, 2.75) is 32.0 Å². The minimum absolute atomic E-state index is 0.269. The van der Waals surface area contributed by atoms with Crippen molar-refractivity contribution in [3.8, 4) is 5.75 Å². The van der Waals surface area contributed by atoms with Crippen LogP contribution in [0.25, 0.3) is 0 Å². The zero-order chi connectivity index (χ0) is 18.3. The quantitative estimate of drug-likeness (QED) is 0.586. The van der Waals surface area contributed by atoms with Crippen molar-refractivity contribution >= 4 is 11.6 Å². The van der Waals surface area contributed by atoms with Crippen LogP contribution in [0.3, 0.4) is 0 Å². The summed E-state index contributed by atoms with van der Waals surface area (Å²) in [7, 11) is 0. The number of halogens is 4. The highest BCUT2D eigenvalue weighted by atomic mass is 35.5. The molecular formula is C19H21ClF3NO. The lowest BCUT2D eigenvalue weighted by molar-refractivity contribution is -0.137. The topological polar surface area (TPSA) is 21.3 Å². The molecule has 1 N–H and O–H groups in total. The van der Waals surface area contributed by atoms with Crippen LogP contribution in [-0.4, -0.2) is 13.1 Å². The van der Waals surface area contributed by atoms with Crippen LogP contribution in [0.5, 0.6) is 5.75 Å². The highest BCUT2D eigenvalue weighted by Gasteiger charge is 2.30. The van der Waals surface area contributed by atoms with E-state index in [2.05, 4.69) is 5.32 Å². The van der Waals surface area contributed by atoms with Crippen LogP contribution in [0.4, 0.5) is 13.2 Å². The van der Waals surface area contributed by atoms with Gasteiger partial charge in [0, 0.05) is 5.02 Å². The number of hydrogen-bond donors (Lipinski definition) is 1. The van der Waals surface area contributed by atoms with Gasteiger partial charge >= 0.3 is 6.18 Å². The Kier molecular flexibility index (Phi) is 7.14. The molecule has 0 amide bonds. The van der Waals surface area contributed by atoms with Gasteiger partial charge in [-0.2, -0.15) is 13.2 Å². The molecule has 2 aromatic rings. The van der Waals surface area contributed by atoms with E-state index in [1.165, 1.54) is 12.1 Å². The highest BCUT2D eigenvalue weighted by Crippen LogP contribution is 2.32. The maximum Gasteiger partial charge on any atom is 0.416 e. The maximum atomic E-state index is 12.7. The molecule has 2 aromatic carbocycles. The summed E-state index contributed by atoms with van der Waals surface area (Å²) >= 11 is 6.05. The van der Waals surface area contributed by atoms with Crippen LogP contribution in [0.2, 0.25) is 5.02 Å². The molecule has 2 rings (SSSR count). The van der Waals surface area contributed by atoms with Gasteiger partial charge in [-0.15, -0.1) is 0 Å². The number of alkyl halides is 3. The zero-order valence-electron chi connectivity index (χ0n) is 13.9. The molecule has 0 saturated heterocycles. The summed E-state index contributed by atoms with van der Waals surface area (Å²) in [5.74, 6) is 0.404. The normalized spacial score (nSPS) is 12.8. The van der Waals surface area contributed by atoms with E-state index in [0.29, 0.717) is 10.8 Å². The van der Waals surface area contributed by atoms with E-state index < -0.39 is 11.7 Å². The molecule has 25 heavy (non-hydrogen) atoms. The molecule has 0 spiro atoms. The third kappa shape index (κ3) is 6.25. The van der Waals surface area contributed by atoms with Gasteiger partial charge in [0.1, 0.15) is 11.9 Å². The van der Waals surface area contributed by atoms with E-state index >= 15 is 0 Å². The number of ether oxygens (including phenoxy) is 1. The van der Waals surface area contributed by atoms with Crippen LogP contribution >= 0.6 is 11.6 Å². The lowest BCUT2D eigenvalue weighted by Gasteiger charge is -2.20. The first kappa shape index (κ1) is 19.6. The van der Waals surface area contributed by atoms with E-state index in [-0.39, 0.29) is 6.10 Å². The Balaban J connectivity index is 2.12. The third-order valence-corrected chi connectivity index (χ3v) is 3.99. The van der Waals surface area contributed by atoms with E-state index in [0.717, 1.165) is 43.6 Å². The molecule has 0 aliphatic carbocycles. The average molecular weight is 372 g/mol. The van der Waals surface area contributed by atoms with Gasteiger partial charge in [-0.3, -0.25) is 0 Å². The van der Waals surface area contributed by atoms with E-state index in [1.807, 2.05) is 25.1 Å². The average Bonchev–Trinajstić information content (AvgIpc) is 2.57. The van der Waals surface area contributed by atoms with Crippen LogP contribution < -0.4 is 10.1 Å². The van der Waals surface area contributed by atoms with Gasteiger partial charge in [-0.05, 0) is 67.9 Å². The lowest BCUT2D eigenvalue weighted by Crippen LogP contribution is -2.16. The smallest absolute Gasteiger partial charge is 0.416 e. The fourth-order valence-electron chi connectivity index (χ4n) is 2.48. The molecule has 0 saturated carbocycles. The Morgan fingerprint density at radius 2 is 1.84 bits per heavy atom. The lowest BCUT2D eigenvalue weighted by atomic mass is 10.0. The molecule has 1 unspecified atom stereocenters. The molecule has 136 valence electrons. The van der Waals surface area contributed by atoms with Crippen molar-refractivity contribution in [3.63, 3.8) is 0 Å². The minimum Gasteiger partial charge on any atom is -0.486 e. The maximum absolute atomic E-state index is 12.7. The van der Waals surface area contributed by atoms with E-state index in [1.54, 1.807) is 6.07 Å². The molecule has 0 bridgehead atoms. The van der Waals surface area contributed by atoms with Crippen LogP contribution in [0.15, 0.2) is 48.5 Å². The summed E-state index contributed by atoms with van der Waals surface area (Å²) in [6.45, 7) is 3.78. The van der Waals surface area contributed by atoms with Crippen molar-refractivity contribution in [1.29, 1.82) is 0 Å². The first-order valence-corrected chi connectivity index (χ1v) is 8.58. The standard InChI is InChI=1S/C19H21ClF3NO/c1-2-24-12-4-7-18(14-5-3-6-16(20)13-14)25-17-10-8-15(9-11-17)19(21,22)23/h3,5-6,8-11,13,18,24H,2,4,7,12H2,1H3. The predicted octanol–water partition coefficient (Wildman–Crippen LogP) is 5.87. The number of rotatable bonds is 8. The van der Waals surface area contributed by atoms with Crippen molar-refractivity contribution in [2.75, 3.05) is 13.1 Å². The van der Waals surface area contributed by atoms with Crippen molar-refractivity contribution in [3.05, 3.63) is 64.7 Å². The summed E-state index contributed by atoms with van der Waals surface area (Å²) < 4.78 is 44.0. The molecule has 2 nitrogen and oxygen atoms in total. The monoisotopic (exact) mass is 371 g/mol. The summed E-state index contributed by atoms with van der Waals surface area (Å²) in [6, 6.07) is 12.1. The molecule has 0 aliphatic heterocycles. The SMILES string of the molecule is CCNCCCC(Oc1ccc(C(F)(F)F)cc1)c1cccc(Cl)c1. The molecule has 0 fully saturated rings. The minimum atomic E-state index is -4.35. The predicted molar refractivity (Wildman–Crippen MR) is 94.0 cm³/mol. The van der Waals surface area contributed by atoms with Gasteiger partial charge in [0.2, 0.25) is 0 Å². The van der Waals surface area contributed by atoms with Gasteiger partial charge in [-0.25, -0.2) is 0 Å². The van der Waals surface area contributed by atoms with E-state index in [9.17, 15) is 13.2 Å². The number of benzene rings is 2. The van der Waals surface area contributed by atoms with Crippen LogP contribution in [-0.2, 0) is 6.18 Å². The molecule has 1 atom stereocenters. The molecule has 0 radical (unpaired) electrons. The number of hydrogen-bond acceptors (Lipinski definition) is 2. The third-order valence-electron chi connectivity index (χ3n) is 3.75. The van der Waals surface area contributed by atoms with E-state index in [4.69, 9.17) is 16.3 Å². The van der Waals surface area contributed by atoms with Gasteiger partial charge in [0.15, 0.2) is 0 Å². The van der Waals surface area contributed by atoms with Gasteiger partial charge in [0.05, 0.1) is 5.56 Å². The fraction of sp³-hybridized carbons (Fsp3) is 0.368. The van der Waals surface area contributed by atoms with Crippen LogP contribution in [0, 0.1) is 0 Å². The highest BCUT2D eigenvalue weighted by molar-refractivity contribution is 6.30. The summed E-state index contributed by atoms with van der Waals surface area (Å²) in [6.07, 6.45) is -3.01. The van der Waals surface area contributed by atoms with Gasteiger partial charge in [0.25, 0.3) is 0 Å². The first-order chi connectivity index (χ1) is 11.9. The van der Waals surface area contributed by atoms with Crippen molar-refractivity contribution in [2.24, 2.45) is 0 Å². The Hall–Kier alpha value is -1.72. The molecule has 0 aromatic heterocycles. The largest absolute Gasteiger partial charge is 0.486 e. The summed E-state index contributed by atoms with van der Waals surface area (Å²) in [4.78, 5) is 0. The second-order valence-electron chi connectivity index (χ2n) is 5.68. The molecular weight excluding hydrogens is 351 g/mol. The zero-order valence-corrected chi connectivity index (χ0v) is 14.7.